The molecule has 1 aromatic rings. The highest BCUT2D eigenvalue weighted by Gasteiger charge is 2.15. The van der Waals surface area contributed by atoms with Crippen molar-refractivity contribution in [2.45, 2.75) is 31.9 Å². The molecule has 0 radical (unpaired) electrons. The van der Waals surface area contributed by atoms with Gasteiger partial charge in [0, 0.05) is 18.8 Å². The Morgan fingerprint density at radius 3 is 2.70 bits per heavy atom. The van der Waals surface area contributed by atoms with Crippen LogP contribution in [-0.2, 0) is 15.8 Å². The fraction of sp³-hybridized carbons (Fsp3) is 0.571. The summed E-state index contributed by atoms with van der Waals surface area (Å²) in [5, 5.41) is 8.97. The van der Waals surface area contributed by atoms with Gasteiger partial charge in [0.2, 0.25) is 10.0 Å². The molecule has 114 valence electrons. The third kappa shape index (κ3) is 6.36. The Balaban J connectivity index is 2.56. The Morgan fingerprint density at radius 1 is 1.35 bits per heavy atom. The van der Waals surface area contributed by atoms with Gasteiger partial charge in [-0.1, -0.05) is 25.5 Å². The second-order valence-electron chi connectivity index (χ2n) is 5.02. The van der Waals surface area contributed by atoms with Gasteiger partial charge in [-0.05, 0) is 36.5 Å². The summed E-state index contributed by atoms with van der Waals surface area (Å²) in [5.41, 5.74) is 6.87. The highest BCUT2D eigenvalue weighted by Crippen LogP contribution is 2.12. The lowest BCUT2D eigenvalue weighted by atomic mass is 10.0. The van der Waals surface area contributed by atoms with E-state index in [1.165, 1.54) is 0 Å². The van der Waals surface area contributed by atoms with Crippen LogP contribution in [-0.4, -0.2) is 26.7 Å². The van der Waals surface area contributed by atoms with Gasteiger partial charge >= 0.3 is 0 Å². The molecule has 0 saturated heterocycles. The Hall–Kier alpha value is -1.11. The lowest BCUT2D eigenvalue weighted by Crippen LogP contribution is -2.30. The number of sulfonamides is 1. The molecule has 0 aliphatic rings. The van der Waals surface area contributed by atoms with Gasteiger partial charge in [-0.25, -0.2) is 13.1 Å². The SMILES string of the molecule is CCCC(CCO)CNS(=O)(=O)Cc1cccc(N)c1. The number of hydrogen-bond donors (Lipinski definition) is 3. The summed E-state index contributed by atoms with van der Waals surface area (Å²) in [6, 6.07) is 6.87. The number of benzene rings is 1. The average molecular weight is 300 g/mol. The Bertz CT molecular complexity index is 497. The van der Waals surface area contributed by atoms with E-state index in [4.69, 9.17) is 10.8 Å². The van der Waals surface area contributed by atoms with Crippen molar-refractivity contribution >= 4 is 15.7 Å². The maximum absolute atomic E-state index is 12.0. The number of nitrogens with two attached hydrogens (primary N) is 1. The zero-order valence-electron chi connectivity index (χ0n) is 11.9. The molecule has 1 rings (SSSR count). The van der Waals surface area contributed by atoms with E-state index in [1.54, 1.807) is 24.3 Å². The summed E-state index contributed by atoms with van der Waals surface area (Å²) in [4.78, 5) is 0. The Kier molecular flexibility index (Phi) is 6.98. The van der Waals surface area contributed by atoms with Crippen molar-refractivity contribution in [2.75, 3.05) is 18.9 Å². The van der Waals surface area contributed by atoms with E-state index in [0.29, 0.717) is 24.2 Å². The minimum absolute atomic E-state index is 0.0734. The zero-order chi connectivity index (χ0) is 15.0. The first kappa shape index (κ1) is 16.9. The smallest absolute Gasteiger partial charge is 0.215 e. The summed E-state index contributed by atoms with van der Waals surface area (Å²) in [6.45, 7) is 2.51. The van der Waals surface area contributed by atoms with Gasteiger partial charge in [-0.3, -0.25) is 0 Å². The quantitative estimate of drug-likeness (QED) is 0.602. The summed E-state index contributed by atoms with van der Waals surface area (Å²) >= 11 is 0. The van der Waals surface area contributed by atoms with E-state index < -0.39 is 10.0 Å². The normalized spacial score (nSPS) is 13.3. The van der Waals surface area contributed by atoms with E-state index in [9.17, 15) is 8.42 Å². The molecular formula is C14H24N2O3S. The second kappa shape index (κ2) is 8.24. The van der Waals surface area contributed by atoms with Crippen LogP contribution >= 0.6 is 0 Å². The molecule has 0 amide bonds. The first-order chi connectivity index (χ1) is 9.46. The molecule has 0 aliphatic heterocycles. The molecule has 0 aliphatic carbocycles. The molecule has 0 saturated carbocycles. The molecule has 6 heteroatoms. The molecule has 0 fully saturated rings. The minimum Gasteiger partial charge on any atom is -0.399 e. The predicted octanol–water partition coefficient (Wildman–Crippen LogP) is 1.49. The molecule has 0 heterocycles. The molecule has 5 nitrogen and oxygen atoms in total. The van der Waals surface area contributed by atoms with Crippen molar-refractivity contribution in [2.24, 2.45) is 5.92 Å². The molecule has 0 spiro atoms. The van der Waals surface area contributed by atoms with Crippen LogP contribution in [0.1, 0.15) is 31.7 Å². The van der Waals surface area contributed by atoms with Crippen molar-refractivity contribution in [3.05, 3.63) is 29.8 Å². The minimum atomic E-state index is -3.37. The maximum atomic E-state index is 12.0. The van der Waals surface area contributed by atoms with Crippen molar-refractivity contribution in [3.8, 4) is 0 Å². The molecule has 4 N–H and O–H groups in total. The molecule has 0 aromatic heterocycles. The first-order valence-electron chi connectivity index (χ1n) is 6.89. The van der Waals surface area contributed by atoms with Crippen LogP contribution in [0.2, 0.25) is 0 Å². The van der Waals surface area contributed by atoms with E-state index >= 15 is 0 Å². The van der Waals surface area contributed by atoms with Crippen LogP contribution in [0, 0.1) is 5.92 Å². The van der Waals surface area contributed by atoms with Crippen molar-refractivity contribution in [3.63, 3.8) is 0 Å². The highest BCUT2D eigenvalue weighted by atomic mass is 32.2. The predicted molar refractivity (Wildman–Crippen MR) is 81.6 cm³/mol. The van der Waals surface area contributed by atoms with Gasteiger partial charge in [0.25, 0.3) is 0 Å². The lowest BCUT2D eigenvalue weighted by molar-refractivity contribution is 0.251. The Labute approximate surface area is 121 Å². The van der Waals surface area contributed by atoms with Gasteiger partial charge < -0.3 is 10.8 Å². The lowest BCUT2D eigenvalue weighted by Gasteiger charge is -2.15. The van der Waals surface area contributed by atoms with E-state index in [0.717, 1.165) is 12.8 Å². The average Bonchev–Trinajstić information content (AvgIpc) is 2.36. The first-order valence-corrected chi connectivity index (χ1v) is 8.54. The maximum Gasteiger partial charge on any atom is 0.215 e. The molecule has 1 unspecified atom stereocenters. The van der Waals surface area contributed by atoms with Gasteiger partial charge in [0.05, 0.1) is 5.75 Å². The van der Waals surface area contributed by atoms with E-state index in [2.05, 4.69) is 4.72 Å². The highest BCUT2D eigenvalue weighted by molar-refractivity contribution is 7.88. The third-order valence-electron chi connectivity index (χ3n) is 3.13. The summed E-state index contributed by atoms with van der Waals surface area (Å²) < 4.78 is 26.6. The molecule has 0 bridgehead atoms. The molecular weight excluding hydrogens is 276 g/mol. The van der Waals surface area contributed by atoms with Crippen molar-refractivity contribution in [1.29, 1.82) is 0 Å². The summed E-state index contributed by atoms with van der Waals surface area (Å²) in [5.74, 6) is 0.108. The zero-order valence-corrected chi connectivity index (χ0v) is 12.7. The largest absolute Gasteiger partial charge is 0.399 e. The number of hydrogen-bond acceptors (Lipinski definition) is 4. The number of nitrogen functional groups attached to an aromatic ring is 1. The van der Waals surface area contributed by atoms with Crippen LogP contribution in [0.4, 0.5) is 5.69 Å². The Morgan fingerprint density at radius 2 is 2.10 bits per heavy atom. The van der Waals surface area contributed by atoms with Crippen LogP contribution in [0.5, 0.6) is 0 Å². The van der Waals surface area contributed by atoms with E-state index in [1.807, 2.05) is 6.92 Å². The van der Waals surface area contributed by atoms with Gasteiger partial charge in [-0.2, -0.15) is 0 Å². The van der Waals surface area contributed by atoms with E-state index in [-0.39, 0.29) is 18.3 Å². The number of rotatable bonds is 9. The molecule has 1 aromatic carbocycles. The van der Waals surface area contributed by atoms with Crippen LogP contribution in [0.3, 0.4) is 0 Å². The molecule has 1 atom stereocenters. The van der Waals surface area contributed by atoms with Crippen LogP contribution in [0.15, 0.2) is 24.3 Å². The van der Waals surface area contributed by atoms with Gasteiger partial charge in [0.1, 0.15) is 0 Å². The number of anilines is 1. The van der Waals surface area contributed by atoms with Crippen LogP contribution in [0.25, 0.3) is 0 Å². The number of aliphatic hydroxyl groups is 1. The van der Waals surface area contributed by atoms with Gasteiger partial charge in [-0.15, -0.1) is 0 Å². The molecule has 20 heavy (non-hydrogen) atoms. The fourth-order valence-corrected chi connectivity index (χ4v) is 3.35. The van der Waals surface area contributed by atoms with Crippen LogP contribution < -0.4 is 10.5 Å². The second-order valence-corrected chi connectivity index (χ2v) is 6.83. The monoisotopic (exact) mass is 300 g/mol. The van der Waals surface area contributed by atoms with Gasteiger partial charge in [0.15, 0.2) is 0 Å². The summed E-state index contributed by atoms with van der Waals surface area (Å²) in [7, 11) is -3.37. The fourth-order valence-electron chi connectivity index (χ4n) is 2.14. The standard InChI is InChI=1S/C14H24N2O3S/c1-2-4-12(7-8-17)10-16-20(18,19)11-13-5-3-6-14(15)9-13/h3,5-6,9,12,16-17H,2,4,7-8,10-11,15H2,1H3. The summed E-state index contributed by atoms with van der Waals surface area (Å²) in [6.07, 6.45) is 2.50. The van der Waals surface area contributed by atoms with Crippen molar-refractivity contribution in [1.82, 2.24) is 4.72 Å². The van der Waals surface area contributed by atoms with Crippen molar-refractivity contribution < 1.29 is 13.5 Å². The third-order valence-corrected chi connectivity index (χ3v) is 4.45. The number of nitrogens with one attached hydrogen (secondary N) is 1. The topological polar surface area (TPSA) is 92.4 Å². The number of aliphatic hydroxyl groups excluding tert-OH is 1.